The van der Waals surface area contributed by atoms with Crippen LogP contribution in [0, 0.1) is 6.92 Å². The maximum atomic E-state index is 5.50. The molecule has 3 nitrogen and oxygen atoms in total. The first-order valence-corrected chi connectivity index (χ1v) is 7.43. The summed E-state index contributed by atoms with van der Waals surface area (Å²) in [7, 11) is 0. The Bertz CT molecular complexity index is 510. The fourth-order valence-electron chi connectivity index (χ4n) is 1.89. The van der Waals surface area contributed by atoms with Crippen molar-refractivity contribution in [2.45, 2.75) is 33.5 Å². The standard InChI is InChI=1S/C15H20N2OS/c1-3-18-10-14-7-5-4-6-13(14)8-16-9-15-12(2)17-11-19-15/h4-7,11,16H,3,8-10H2,1-2H3. The zero-order valence-electron chi connectivity index (χ0n) is 11.5. The summed E-state index contributed by atoms with van der Waals surface area (Å²) in [5.41, 5.74) is 5.59. The quantitative estimate of drug-likeness (QED) is 0.842. The van der Waals surface area contributed by atoms with E-state index in [2.05, 4.69) is 41.5 Å². The topological polar surface area (TPSA) is 34.1 Å². The molecule has 1 heterocycles. The molecule has 1 aromatic heterocycles. The van der Waals surface area contributed by atoms with E-state index in [1.807, 2.05) is 12.4 Å². The monoisotopic (exact) mass is 276 g/mol. The van der Waals surface area contributed by atoms with Crippen molar-refractivity contribution in [1.82, 2.24) is 10.3 Å². The summed E-state index contributed by atoms with van der Waals surface area (Å²) >= 11 is 1.70. The lowest BCUT2D eigenvalue weighted by Gasteiger charge is -2.10. The first-order valence-electron chi connectivity index (χ1n) is 6.55. The molecule has 4 heteroatoms. The molecular weight excluding hydrogens is 256 g/mol. The molecule has 0 atom stereocenters. The molecule has 2 aromatic rings. The summed E-state index contributed by atoms with van der Waals surface area (Å²) in [6.07, 6.45) is 0. The molecule has 0 aliphatic carbocycles. The van der Waals surface area contributed by atoms with Crippen molar-refractivity contribution in [3.8, 4) is 0 Å². The van der Waals surface area contributed by atoms with Crippen molar-refractivity contribution in [1.29, 1.82) is 0 Å². The summed E-state index contributed by atoms with van der Waals surface area (Å²) < 4.78 is 5.50. The summed E-state index contributed by atoms with van der Waals surface area (Å²) in [6, 6.07) is 8.42. The molecule has 1 N–H and O–H groups in total. The molecule has 0 radical (unpaired) electrons. The highest BCUT2D eigenvalue weighted by molar-refractivity contribution is 7.09. The first-order chi connectivity index (χ1) is 9.31. The van der Waals surface area contributed by atoms with Crippen molar-refractivity contribution in [3.63, 3.8) is 0 Å². The number of hydrogen-bond acceptors (Lipinski definition) is 4. The summed E-state index contributed by atoms with van der Waals surface area (Å²) in [5, 5.41) is 3.48. The SMILES string of the molecule is CCOCc1ccccc1CNCc1scnc1C. The van der Waals surface area contributed by atoms with E-state index in [1.165, 1.54) is 16.0 Å². The molecule has 0 saturated heterocycles. The smallest absolute Gasteiger partial charge is 0.0798 e. The van der Waals surface area contributed by atoms with Crippen LogP contribution in [0.3, 0.4) is 0 Å². The molecule has 0 aliphatic heterocycles. The Morgan fingerprint density at radius 1 is 1.21 bits per heavy atom. The van der Waals surface area contributed by atoms with Gasteiger partial charge in [-0.15, -0.1) is 11.3 Å². The van der Waals surface area contributed by atoms with Crippen LogP contribution >= 0.6 is 11.3 Å². The number of nitrogens with one attached hydrogen (secondary N) is 1. The Hall–Kier alpha value is -1.23. The van der Waals surface area contributed by atoms with Gasteiger partial charge in [-0.05, 0) is 25.0 Å². The van der Waals surface area contributed by atoms with E-state index < -0.39 is 0 Å². The second-order valence-electron chi connectivity index (χ2n) is 4.37. The Balaban J connectivity index is 1.90. The lowest BCUT2D eigenvalue weighted by molar-refractivity contribution is 0.133. The minimum atomic E-state index is 0.688. The van der Waals surface area contributed by atoms with Crippen molar-refractivity contribution < 1.29 is 4.74 Å². The maximum Gasteiger partial charge on any atom is 0.0798 e. The molecule has 0 aliphatic rings. The van der Waals surface area contributed by atoms with E-state index in [9.17, 15) is 0 Å². The van der Waals surface area contributed by atoms with Gasteiger partial charge in [-0.1, -0.05) is 24.3 Å². The van der Waals surface area contributed by atoms with E-state index in [-0.39, 0.29) is 0 Å². The number of thiazole rings is 1. The van der Waals surface area contributed by atoms with Crippen molar-refractivity contribution in [2.24, 2.45) is 0 Å². The molecule has 19 heavy (non-hydrogen) atoms. The number of hydrogen-bond donors (Lipinski definition) is 1. The fourth-order valence-corrected chi connectivity index (χ4v) is 2.64. The van der Waals surface area contributed by atoms with Crippen molar-refractivity contribution in [3.05, 3.63) is 51.5 Å². The average Bonchev–Trinajstić information content (AvgIpc) is 2.83. The van der Waals surface area contributed by atoms with Crippen LogP contribution in [-0.4, -0.2) is 11.6 Å². The predicted octanol–water partition coefficient (Wildman–Crippen LogP) is 3.28. The van der Waals surface area contributed by atoms with Crippen LogP contribution < -0.4 is 5.32 Å². The largest absolute Gasteiger partial charge is 0.377 e. The van der Waals surface area contributed by atoms with Gasteiger partial charge in [-0.25, -0.2) is 4.98 Å². The highest BCUT2D eigenvalue weighted by Crippen LogP contribution is 2.13. The summed E-state index contributed by atoms with van der Waals surface area (Å²) in [5.74, 6) is 0. The minimum absolute atomic E-state index is 0.688. The van der Waals surface area contributed by atoms with Crippen LogP contribution in [0.25, 0.3) is 0 Å². The lowest BCUT2D eigenvalue weighted by Crippen LogP contribution is -2.14. The van der Waals surface area contributed by atoms with E-state index in [1.54, 1.807) is 11.3 Å². The summed E-state index contributed by atoms with van der Waals surface area (Å²) in [4.78, 5) is 5.57. The van der Waals surface area contributed by atoms with Crippen LogP contribution in [0.4, 0.5) is 0 Å². The molecule has 2 rings (SSSR count). The van der Waals surface area contributed by atoms with Gasteiger partial charge in [0.1, 0.15) is 0 Å². The van der Waals surface area contributed by atoms with Crippen LogP contribution in [0.1, 0.15) is 28.6 Å². The summed E-state index contributed by atoms with van der Waals surface area (Å²) in [6.45, 7) is 7.25. The van der Waals surface area contributed by atoms with E-state index >= 15 is 0 Å². The zero-order valence-corrected chi connectivity index (χ0v) is 12.3. The molecule has 0 amide bonds. The van der Waals surface area contributed by atoms with Gasteiger partial charge in [0.05, 0.1) is 17.8 Å². The van der Waals surface area contributed by atoms with Crippen molar-refractivity contribution >= 4 is 11.3 Å². The van der Waals surface area contributed by atoms with Gasteiger partial charge in [0.25, 0.3) is 0 Å². The minimum Gasteiger partial charge on any atom is -0.377 e. The molecule has 1 aromatic carbocycles. The molecule has 0 bridgehead atoms. The highest BCUT2D eigenvalue weighted by atomic mass is 32.1. The molecule has 0 spiro atoms. The molecule has 102 valence electrons. The second kappa shape index (κ2) is 7.38. The van der Waals surface area contributed by atoms with E-state index in [4.69, 9.17) is 4.74 Å². The molecular formula is C15H20N2OS. The normalized spacial score (nSPS) is 10.8. The Morgan fingerprint density at radius 3 is 2.68 bits per heavy atom. The fraction of sp³-hybridized carbons (Fsp3) is 0.400. The van der Waals surface area contributed by atoms with Gasteiger partial charge in [0, 0.05) is 24.6 Å². The van der Waals surface area contributed by atoms with E-state index in [0.29, 0.717) is 6.61 Å². The van der Waals surface area contributed by atoms with Gasteiger partial charge >= 0.3 is 0 Å². The number of aryl methyl sites for hydroxylation is 1. The first kappa shape index (κ1) is 14.2. The van der Waals surface area contributed by atoms with Crippen LogP contribution in [0.15, 0.2) is 29.8 Å². The second-order valence-corrected chi connectivity index (χ2v) is 5.31. The lowest BCUT2D eigenvalue weighted by atomic mass is 10.1. The number of aromatic nitrogens is 1. The highest BCUT2D eigenvalue weighted by Gasteiger charge is 2.03. The number of ether oxygens (including phenoxy) is 1. The van der Waals surface area contributed by atoms with Gasteiger partial charge in [-0.3, -0.25) is 0 Å². The van der Waals surface area contributed by atoms with Crippen LogP contribution in [0.2, 0.25) is 0 Å². The molecule has 0 fully saturated rings. The van der Waals surface area contributed by atoms with Gasteiger partial charge in [0.2, 0.25) is 0 Å². The average molecular weight is 276 g/mol. The third-order valence-corrected chi connectivity index (χ3v) is 3.96. The van der Waals surface area contributed by atoms with Gasteiger partial charge in [0.15, 0.2) is 0 Å². The van der Waals surface area contributed by atoms with E-state index in [0.717, 1.165) is 25.4 Å². The Morgan fingerprint density at radius 2 is 2.00 bits per heavy atom. The third kappa shape index (κ3) is 4.13. The number of benzene rings is 1. The van der Waals surface area contributed by atoms with Gasteiger partial charge < -0.3 is 10.1 Å². The predicted molar refractivity (Wildman–Crippen MR) is 79.2 cm³/mol. The number of rotatable bonds is 7. The Kier molecular flexibility index (Phi) is 5.51. The maximum absolute atomic E-state index is 5.50. The third-order valence-electron chi connectivity index (χ3n) is 3.03. The van der Waals surface area contributed by atoms with Crippen molar-refractivity contribution in [2.75, 3.05) is 6.61 Å². The van der Waals surface area contributed by atoms with Gasteiger partial charge in [-0.2, -0.15) is 0 Å². The van der Waals surface area contributed by atoms with Crippen LogP contribution in [-0.2, 0) is 24.4 Å². The zero-order chi connectivity index (χ0) is 13.5. The Labute approximate surface area is 118 Å². The van der Waals surface area contributed by atoms with Crippen LogP contribution in [0.5, 0.6) is 0 Å². The molecule has 0 unspecified atom stereocenters. The molecule has 0 saturated carbocycles. The number of nitrogens with zero attached hydrogens (tertiary/aromatic N) is 1.